The first kappa shape index (κ1) is 22.0. The summed E-state index contributed by atoms with van der Waals surface area (Å²) in [5.41, 5.74) is 3.66. The van der Waals surface area contributed by atoms with E-state index in [4.69, 9.17) is 9.40 Å². The number of carbonyl (C=O) groups is 1. The number of furan rings is 1. The third-order valence-electron chi connectivity index (χ3n) is 6.28. The van der Waals surface area contributed by atoms with Gasteiger partial charge in [0, 0.05) is 42.5 Å². The number of aryl methyl sites for hydroxylation is 1. The Morgan fingerprint density at radius 1 is 1.34 bits per heavy atom. The molecule has 3 heterocycles. The molecule has 3 aromatic rings. The molecule has 5 nitrogen and oxygen atoms in total. The molecule has 0 bridgehead atoms. The van der Waals surface area contributed by atoms with E-state index < -0.39 is 0 Å². The summed E-state index contributed by atoms with van der Waals surface area (Å²) in [5, 5.41) is 4.04. The SMILES string of the molecule is C=CC(CC)CCC1CCN=Cc2cc(NC(=O)CCc3cc4ccccc4o3)cnc21. The predicted octanol–water partition coefficient (Wildman–Crippen LogP) is 6.30. The van der Waals surface area contributed by atoms with Crippen LogP contribution < -0.4 is 5.32 Å². The molecule has 2 aromatic heterocycles. The highest BCUT2D eigenvalue weighted by Gasteiger charge is 2.20. The molecule has 1 aromatic carbocycles. The number of benzene rings is 1. The van der Waals surface area contributed by atoms with Gasteiger partial charge in [-0.1, -0.05) is 31.2 Å². The van der Waals surface area contributed by atoms with Crippen molar-refractivity contribution in [3.05, 3.63) is 72.3 Å². The molecule has 4 rings (SSSR count). The molecule has 32 heavy (non-hydrogen) atoms. The fraction of sp³-hybridized carbons (Fsp3) is 0.370. The van der Waals surface area contributed by atoms with Crippen molar-refractivity contribution in [2.45, 2.75) is 51.4 Å². The van der Waals surface area contributed by atoms with Crippen LogP contribution in [0.3, 0.4) is 0 Å². The van der Waals surface area contributed by atoms with Crippen LogP contribution in [0.25, 0.3) is 11.0 Å². The highest BCUT2D eigenvalue weighted by molar-refractivity contribution is 5.92. The number of carbonyl (C=O) groups excluding carboxylic acids is 1. The number of pyridine rings is 1. The lowest BCUT2D eigenvalue weighted by Gasteiger charge is -2.19. The Kier molecular flexibility index (Phi) is 7.15. The minimum atomic E-state index is -0.0499. The quantitative estimate of drug-likeness (QED) is 0.406. The fourth-order valence-corrected chi connectivity index (χ4v) is 4.34. The van der Waals surface area contributed by atoms with Crippen LogP contribution in [0.15, 0.2) is 64.7 Å². The summed E-state index contributed by atoms with van der Waals surface area (Å²) in [5.74, 6) is 1.71. The molecular weight excluding hydrogens is 398 g/mol. The van der Waals surface area contributed by atoms with Crippen LogP contribution in [0.2, 0.25) is 0 Å². The summed E-state index contributed by atoms with van der Waals surface area (Å²) in [6.45, 7) is 6.97. The van der Waals surface area contributed by atoms with Crippen LogP contribution >= 0.6 is 0 Å². The Bertz CT molecular complexity index is 1080. The van der Waals surface area contributed by atoms with E-state index in [9.17, 15) is 4.79 Å². The number of anilines is 1. The highest BCUT2D eigenvalue weighted by atomic mass is 16.3. The summed E-state index contributed by atoms with van der Waals surface area (Å²) in [7, 11) is 0. The van der Waals surface area contributed by atoms with Crippen LogP contribution in [-0.2, 0) is 11.2 Å². The lowest BCUT2D eigenvalue weighted by Crippen LogP contribution is -2.14. The van der Waals surface area contributed by atoms with Gasteiger partial charge < -0.3 is 9.73 Å². The first-order chi connectivity index (χ1) is 15.7. The molecule has 1 amide bonds. The summed E-state index contributed by atoms with van der Waals surface area (Å²) in [4.78, 5) is 21.8. The largest absolute Gasteiger partial charge is 0.461 e. The number of fused-ring (bicyclic) bond motifs is 2. The van der Waals surface area contributed by atoms with Crippen molar-refractivity contribution in [1.82, 2.24) is 4.98 Å². The number of hydrogen-bond donors (Lipinski definition) is 1. The minimum absolute atomic E-state index is 0.0499. The zero-order chi connectivity index (χ0) is 22.3. The molecule has 0 saturated carbocycles. The Morgan fingerprint density at radius 2 is 2.22 bits per heavy atom. The van der Waals surface area contributed by atoms with Crippen LogP contribution in [-0.4, -0.2) is 23.7 Å². The van der Waals surface area contributed by atoms with Crippen molar-refractivity contribution in [3.63, 3.8) is 0 Å². The van der Waals surface area contributed by atoms with E-state index in [2.05, 4.69) is 29.9 Å². The Morgan fingerprint density at radius 3 is 3.03 bits per heavy atom. The van der Waals surface area contributed by atoms with Gasteiger partial charge in [0.15, 0.2) is 0 Å². The maximum atomic E-state index is 12.5. The van der Waals surface area contributed by atoms with E-state index in [1.807, 2.05) is 42.6 Å². The second-order valence-electron chi connectivity index (χ2n) is 8.50. The molecule has 0 spiro atoms. The minimum Gasteiger partial charge on any atom is -0.461 e. The Balaban J connectivity index is 1.38. The number of amides is 1. The molecule has 2 atom stereocenters. The van der Waals surface area contributed by atoms with E-state index in [0.717, 1.165) is 60.2 Å². The average molecular weight is 430 g/mol. The molecule has 0 aliphatic carbocycles. The summed E-state index contributed by atoms with van der Waals surface area (Å²) in [6, 6.07) is 11.9. The molecule has 0 saturated heterocycles. The topological polar surface area (TPSA) is 67.5 Å². The Hall–Kier alpha value is -3.21. The number of rotatable bonds is 9. The van der Waals surface area contributed by atoms with Gasteiger partial charge in [-0.2, -0.15) is 0 Å². The van der Waals surface area contributed by atoms with Gasteiger partial charge in [-0.15, -0.1) is 6.58 Å². The van der Waals surface area contributed by atoms with Gasteiger partial charge in [0.25, 0.3) is 0 Å². The first-order valence-electron chi connectivity index (χ1n) is 11.6. The van der Waals surface area contributed by atoms with Gasteiger partial charge in [0.05, 0.1) is 17.6 Å². The maximum absolute atomic E-state index is 12.5. The molecule has 0 radical (unpaired) electrons. The number of nitrogens with zero attached hydrogens (tertiary/aromatic N) is 2. The van der Waals surface area contributed by atoms with E-state index in [1.165, 1.54) is 0 Å². The summed E-state index contributed by atoms with van der Waals surface area (Å²) in [6.07, 6.45) is 11.0. The molecule has 1 N–H and O–H groups in total. The molecule has 0 fully saturated rings. The number of hydrogen-bond acceptors (Lipinski definition) is 4. The van der Waals surface area contributed by atoms with Crippen LogP contribution in [0, 0.1) is 5.92 Å². The van der Waals surface area contributed by atoms with Crippen LogP contribution in [0.5, 0.6) is 0 Å². The van der Waals surface area contributed by atoms with Crippen molar-refractivity contribution >= 4 is 28.8 Å². The van der Waals surface area contributed by atoms with Gasteiger partial charge in [-0.25, -0.2) is 0 Å². The molecule has 166 valence electrons. The number of allylic oxidation sites excluding steroid dienone is 1. The number of nitrogens with one attached hydrogen (secondary N) is 1. The van der Waals surface area contributed by atoms with Crippen molar-refractivity contribution in [1.29, 1.82) is 0 Å². The van der Waals surface area contributed by atoms with Crippen molar-refractivity contribution in [3.8, 4) is 0 Å². The van der Waals surface area contributed by atoms with Crippen molar-refractivity contribution in [2.24, 2.45) is 10.9 Å². The van der Waals surface area contributed by atoms with Crippen molar-refractivity contribution in [2.75, 3.05) is 11.9 Å². The van der Waals surface area contributed by atoms with Gasteiger partial charge in [0.2, 0.25) is 5.91 Å². The predicted molar refractivity (Wildman–Crippen MR) is 130 cm³/mol. The number of aliphatic imine (C=N–C) groups is 1. The molecular formula is C27H31N3O2. The van der Waals surface area contributed by atoms with Gasteiger partial charge in [-0.3, -0.25) is 14.8 Å². The zero-order valence-electron chi connectivity index (χ0n) is 18.7. The maximum Gasteiger partial charge on any atom is 0.224 e. The molecule has 2 unspecified atom stereocenters. The lowest BCUT2D eigenvalue weighted by atomic mass is 9.88. The van der Waals surface area contributed by atoms with Crippen LogP contribution in [0.1, 0.15) is 62.0 Å². The molecule has 5 heteroatoms. The van der Waals surface area contributed by atoms with E-state index in [0.29, 0.717) is 30.4 Å². The monoisotopic (exact) mass is 429 g/mol. The smallest absolute Gasteiger partial charge is 0.224 e. The van der Waals surface area contributed by atoms with Gasteiger partial charge >= 0.3 is 0 Å². The summed E-state index contributed by atoms with van der Waals surface area (Å²) >= 11 is 0. The number of para-hydroxylation sites is 1. The van der Waals surface area contributed by atoms with Crippen LogP contribution in [0.4, 0.5) is 5.69 Å². The average Bonchev–Trinajstić information content (AvgIpc) is 3.12. The zero-order valence-corrected chi connectivity index (χ0v) is 18.7. The van der Waals surface area contributed by atoms with E-state index >= 15 is 0 Å². The van der Waals surface area contributed by atoms with E-state index in [1.54, 1.807) is 6.20 Å². The number of aromatic nitrogens is 1. The Labute approximate surface area is 189 Å². The third kappa shape index (κ3) is 5.34. The highest BCUT2D eigenvalue weighted by Crippen LogP contribution is 2.31. The first-order valence-corrected chi connectivity index (χ1v) is 11.6. The lowest BCUT2D eigenvalue weighted by molar-refractivity contribution is -0.116. The van der Waals surface area contributed by atoms with Crippen molar-refractivity contribution < 1.29 is 9.21 Å². The summed E-state index contributed by atoms with van der Waals surface area (Å²) < 4.78 is 5.81. The van der Waals surface area contributed by atoms with Gasteiger partial charge in [0.1, 0.15) is 11.3 Å². The molecule has 1 aliphatic heterocycles. The second kappa shape index (κ2) is 10.4. The fourth-order valence-electron chi connectivity index (χ4n) is 4.34. The van der Waals surface area contributed by atoms with Gasteiger partial charge in [-0.05, 0) is 49.8 Å². The standard InChI is InChI=1S/C27H31N3O2/c1-3-19(4-2)9-10-20-13-14-28-17-22-15-23(18-29-27(20)22)30-26(31)12-11-24-16-21-7-5-6-8-25(21)32-24/h3,5-8,15-20H,1,4,9-14H2,2H3,(H,30,31). The van der Waals surface area contributed by atoms with E-state index in [-0.39, 0.29) is 5.91 Å². The third-order valence-corrected chi connectivity index (χ3v) is 6.28. The molecule has 1 aliphatic rings. The normalized spacial score (nSPS) is 16.3. The second-order valence-corrected chi connectivity index (χ2v) is 8.50.